The van der Waals surface area contributed by atoms with E-state index in [-0.39, 0.29) is 5.41 Å². The van der Waals surface area contributed by atoms with E-state index < -0.39 is 0 Å². The third kappa shape index (κ3) is 15.8. The maximum Gasteiger partial charge on any atom is 0.138 e. The Balaban J connectivity index is 3.38. The first-order chi connectivity index (χ1) is 11.5. The molecule has 0 aliphatic carbocycles. The Morgan fingerprint density at radius 3 is 1.79 bits per heavy atom. The van der Waals surface area contributed by atoms with Crippen molar-refractivity contribution in [3.05, 3.63) is 36.5 Å². The molecule has 0 saturated heterocycles. The summed E-state index contributed by atoms with van der Waals surface area (Å²) in [5.41, 5.74) is -0.162. The zero-order chi connectivity index (χ0) is 18.1. The molecule has 0 N–H and O–H groups in total. The summed E-state index contributed by atoms with van der Waals surface area (Å²) >= 11 is 0. The molecule has 138 valence electrons. The van der Waals surface area contributed by atoms with Gasteiger partial charge in [0.15, 0.2) is 0 Å². The predicted molar refractivity (Wildman–Crippen MR) is 108 cm³/mol. The maximum atomic E-state index is 11.8. The minimum atomic E-state index is -0.162. The first-order valence-electron chi connectivity index (χ1n) is 9.96. The third-order valence-corrected chi connectivity index (χ3v) is 4.11. The smallest absolute Gasteiger partial charge is 0.138 e. The van der Waals surface area contributed by atoms with Crippen molar-refractivity contribution >= 4 is 5.78 Å². The molecule has 0 radical (unpaired) electrons. The number of ketones is 1. The number of Topliss-reactive ketones (excluding diaryl/α,β-unsaturated/α-hetero) is 1. The van der Waals surface area contributed by atoms with Gasteiger partial charge in [0.1, 0.15) is 5.78 Å². The molecule has 0 heterocycles. The van der Waals surface area contributed by atoms with Crippen molar-refractivity contribution in [2.75, 3.05) is 0 Å². The summed E-state index contributed by atoms with van der Waals surface area (Å²) in [5.74, 6) is 0.402. The normalized spacial score (nSPS) is 12.8. The Morgan fingerprint density at radius 2 is 1.21 bits per heavy atom. The van der Waals surface area contributed by atoms with E-state index in [2.05, 4.69) is 43.4 Å². The summed E-state index contributed by atoms with van der Waals surface area (Å²) in [7, 11) is 0. The van der Waals surface area contributed by atoms with Crippen LogP contribution in [0, 0.1) is 5.41 Å². The highest BCUT2D eigenvalue weighted by atomic mass is 16.1. The van der Waals surface area contributed by atoms with Gasteiger partial charge in [0, 0.05) is 11.8 Å². The largest absolute Gasteiger partial charge is 0.299 e. The summed E-state index contributed by atoms with van der Waals surface area (Å²) in [6.45, 7) is 8.25. The van der Waals surface area contributed by atoms with Crippen molar-refractivity contribution in [1.82, 2.24) is 0 Å². The average molecular weight is 333 g/mol. The molecule has 24 heavy (non-hydrogen) atoms. The molecule has 1 nitrogen and oxygen atoms in total. The summed E-state index contributed by atoms with van der Waals surface area (Å²) in [5, 5.41) is 0. The Bertz CT molecular complexity index is 379. The number of hydrogen-bond acceptors (Lipinski definition) is 1. The number of rotatable bonds is 14. The number of carbonyl (C=O) groups excluding carboxylic acids is 1. The van der Waals surface area contributed by atoms with E-state index in [4.69, 9.17) is 0 Å². The van der Waals surface area contributed by atoms with E-state index >= 15 is 0 Å². The molecule has 0 atom stereocenters. The fourth-order valence-electron chi connectivity index (χ4n) is 2.40. The van der Waals surface area contributed by atoms with Crippen LogP contribution in [-0.4, -0.2) is 5.78 Å². The SMILES string of the molecule is CCC/C=C\C/C=C\C/C=C\CCCCCCCC(=O)C(C)(C)C. The lowest BCUT2D eigenvalue weighted by molar-refractivity contribution is -0.126. The van der Waals surface area contributed by atoms with Crippen LogP contribution < -0.4 is 0 Å². The van der Waals surface area contributed by atoms with Gasteiger partial charge in [-0.3, -0.25) is 4.79 Å². The molecule has 0 aliphatic rings. The summed E-state index contributed by atoms with van der Waals surface area (Å²) < 4.78 is 0. The van der Waals surface area contributed by atoms with Gasteiger partial charge in [-0.1, -0.05) is 89.8 Å². The molecule has 0 aromatic rings. The number of allylic oxidation sites excluding steroid dienone is 6. The fraction of sp³-hybridized carbons (Fsp3) is 0.696. The van der Waals surface area contributed by atoms with Crippen LogP contribution >= 0.6 is 0 Å². The van der Waals surface area contributed by atoms with Gasteiger partial charge in [-0.25, -0.2) is 0 Å². The highest BCUT2D eigenvalue weighted by Crippen LogP contribution is 2.19. The Morgan fingerprint density at radius 1 is 0.708 bits per heavy atom. The zero-order valence-electron chi connectivity index (χ0n) is 16.7. The fourth-order valence-corrected chi connectivity index (χ4v) is 2.40. The lowest BCUT2D eigenvalue weighted by atomic mass is 9.88. The van der Waals surface area contributed by atoms with Crippen LogP contribution in [0.4, 0.5) is 0 Å². The van der Waals surface area contributed by atoms with E-state index in [1.165, 1.54) is 44.9 Å². The van der Waals surface area contributed by atoms with Crippen molar-refractivity contribution in [2.45, 2.75) is 98.3 Å². The second-order valence-electron chi connectivity index (χ2n) is 7.65. The molecule has 0 spiro atoms. The topological polar surface area (TPSA) is 17.1 Å². The monoisotopic (exact) mass is 332 g/mol. The summed E-state index contributed by atoms with van der Waals surface area (Å²) in [6.07, 6.45) is 26.1. The van der Waals surface area contributed by atoms with Gasteiger partial charge in [-0.2, -0.15) is 0 Å². The minimum absolute atomic E-state index is 0.162. The zero-order valence-corrected chi connectivity index (χ0v) is 16.7. The van der Waals surface area contributed by atoms with Crippen LogP contribution in [0.5, 0.6) is 0 Å². The van der Waals surface area contributed by atoms with Crippen LogP contribution in [0.1, 0.15) is 98.3 Å². The molecule has 0 aromatic carbocycles. The van der Waals surface area contributed by atoms with Crippen molar-refractivity contribution < 1.29 is 4.79 Å². The second kappa shape index (κ2) is 15.4. The molecule has 0 aromatic heterocycles. The standard InChI is InChI=1S/C23H40O/c1-5-6-7-8-9-10-11-12-13-14-15-16-17-18-19-20-21-22(24)23(2,3)4/h7-8,10-11,13-14H,5-6,9,12,15-21H2,1-4H3/b8-7-,11-10-,14-13-. The second-order valence-corrected chi connectivity index (χ2v) is 7.65. The van der Waals surface area contributed by atoms with Crippen molar-refractivity contribution in [2.24, 2.45) is 5.41 Å². The minimum Gasteiger partial charge on any atom is -0.299 e. The molecular weight excluding hydrogens is 292 g/mol. The number of carbonyl (C=O) groups is 1. The summed E-state index contributed by atoms with van der Waals surface area (Å²) in [4.78, 5) is 11.8. The van der Waals surface area contributed by atoms with Crippen LogP contribution in [0.25, 0.3) is 0 Å². The Kier molecular flexibility index (Phi) is 14.7. The van der Waals surface area contributed by atoms with E-state index in [9.17, 15) is 4.79 Å². The average Bonchev–Trinajstić information content (AvgIpc) is 2.53. The van der Waals surface area contributed by atoms with Gasteiger partial charge in [0.05, 0.1) is 0 Å². The molecule has 1 heteroatoms. The van der Waals surface area contributed by atoms with Crippen LogP contribution in [0.15, 0.2) is 36.5 Å². The molecule has 0 rings (SSSR count). The number of unbranched alkanes of at least 4 members (excludes halogenated alkanes) is 6. The molecule has 0 fully saturated rings. The quantitative estimate of drug-likeness (QED) is 0.236. The van der Waals surface area contributed by atoms with Crippen LogP contribution in [-0.2, 0) is 4.79 Å². The van der Waals surface area contributed by atoms with E-state index in [1.807, 2.05) is 20.8 Å². The number of hydrogen-bond donors (Lipinski definition) is 0. The Hall–Kier alpha value is -1.11. The lowest BCUT2D eigenvalue weighted by Crippen LogP contribution is -2.19. The maximum absolute atomic E-state index is 11.8. The molecule has 0 aliphatic heterocycles. The Labute approximate surface area is 151 Å². The van der Waals surface area contributed by atoms with E-state index in [0.717, 1.165) is 25.7 Å². The molecule has 0 unspecified atom stereocenters. The van der Waals surface area contributed by atoms with Gasteiger partial charge < -0.3 is 0 Å². The molecule has 0 amide bonds. The van der Waals surface area contributed by atoms with Gasteiger partial charge in [0.25, 0.3) is 0 Å². The first-order valence-corrected chi connectivity index (χ1v) is 9.96. The lowest BCUT2D eigenvalue weighted by Gasteiger charge is -2.16. The highest BCUT2D eigenvalue weighted by molar-refractivity contribution is 5.83. The van der Waals surface area contributed by atoms with Gasteiger partial charge in [0.2, 0.25) is 0 Å². The summed E-state index contributed by atoms with van der Waals surface area (Å²) in [6, 6.07) is 0. The van der Waals surface area contributed by atoms with Crippen molar-refractivity contribution in [3.63, 3.8) is 0 Å². The third-order valence-electron chi connectivity index (χ3n) is 4.11. The van der Waals surface area contributed by atoms with Gasteiger partial charge in [-0.15, -0.1) is 0 Å². The van der Waals surface area contributed by atoms with E-state index in [1.54, 1.807) is 0 Å². The van der Waals surface area contributed by atoms with Crippen molar-refractivity contribution in [3.8, 4) is 0 Å². The van der Waals surface area contributed by atoms with Crippen LogP contribution in [0.2, 0.25) is 0 Å². The van der Waals surface area contributed by atoms with Crippen LogP contribution in [0.3, 0.4) is 0 Å². The highest BCUT2D eigenvalue weighted by Gasteiger charge is 2.19. The van der Waals surface area contributed by atoms with Gasteiger partial charge in [-0.05, 0) is 38.5 Å². The van der Waals surface area contributed by atoms with Crippen molar-refractivity contribution in [1.29, 1.82) is 0 Å². The molecular formula is C23H40O. The van der Waals surface area contributed by atoms with E-state index in [0.29, 0.717) is 5.78 Å². The van der Waals surface area contributed by atoms with Gasteiger partial charge >= 0.3 is 0 Å². The molecule has 0 bridgehead atoms. The first kappa shape index (κ1) is 22.9. The predicted octanol–water partition coefficient (Wildman–Crippen LogP) is 7.58. The molecule has 0 saturated carbocycles.